The maximum Gasteiger partial charge on any atom is 0.243 e. The second kappa shape index (κ2) is 6.05. The number of carbonyl (C=O) groups is 1. The fourth-order valence-corrected chi connectivity index (χ4v) is 2.45. The summed E-state index contributed by atoms with van der Waals surface area (Å²) in [6.07, 6.45) is 1.91. The van der Waals surface area contributed by atoms with Gasteiger partial charge in [0.05, 0.1) is 0 Å². The SMILES string of the molecule is Cc1ccc(-c2nc3cc(C)ccn3c2NC(=O)C(C)Cl)cc1. The number of anilines is 1. The lowest BCUT2D eigenvalue weighted by Crippen LogP contribution is -2.21. The molecule has 0 saturated heterocycles. The number of aryl methyl sites for hydroxylation is 2. The molecule has 0 saturated carbocycles. The molecular weight excluding hydrogens is 310 g/mol. The molecule has 2 aromatic heterocycles. The summed E-state index contributed by atoms with van der Waals surface area (Å²) in [5.41, 5.74) is 4.77. The Labute approximate surface area is 140 Å². The zero-order valence-electron chi connectivity index (χ0n) is 13.3. The zero-order chi connectivity index (χ0) is 16.6. The smallest absolute Gasteiger partial charge is 0.243 e. The van der Waals surface area contributed by atoms with Gasteiger partial charge in [-0.25, -0.2) is 4.98 Å². The van der Waals surface area contributed by atoms with Gasteiger partial charge in [-0.1, -0.05) is 29.8 Å². The lowest BCUT2D eigenvalue weighted by atomic mass is 10.1. The molecule has 0 bridgehead atoms. The fourth-order valence-electron chi connectivity index (χ4n) is 2.39. The van der Waals surface area contributed by atoms with Crippen LogP contribution in [0.1, 0.15) is 18.1 Å². The van der Waals surface area contributed by atoms with Gasteiger partial charge in [0.15, 0.2) is 0 Å². The van der Waals surface area contributed by atoms with Crippen LogP contribution >= 0.6 is 11.6 Å². The third-order valence-corrected chi connectivity index (χ3v) is 3.91. The average Bonchev–Trinajstić information content (AvgIpc) is 2.85. The number of hydrogen-bond acceptors (Lipinski definition) is 2. The summed E-state index contributed by atoms with van der Waals surface area (Å²) < 4.78 is 1.87. The molecule has 1 amide bonds. The monoisotopic (exact) mass is 327 g/mol. The molecule has 1 atom stereocenters. The summed E-state index contributed by atoms with van der Waals surface area (Å²) >= 11 is 5.90. The number of hydrogen-bond donors (Lipinski definition) is 1. The molecule has 0 aliphatic rings. The van der Waals surface area contributed by atoms with Gasteiger partial charge in [0.2, 0.25) is 5.91 Å². The van der Waals surface area contributed by atoms with Crippen LogP contribution in [0.2, 0.25) is 0 Å². The van der Waals surface area contributed by atoms with Crippen molar-refractivity contribution in [2.24, 2.45) is 0 Å². The number of benzene rings is 1. The molecule has 5 heteroatoms. The molecule has 1 unspecified atom stereocenters. The first-order chi connectivity index (χ1) is 11.0. The van der Waals surface area contributed by atoms with Crippen LogP contribution in [-0.2, 0) is 4.79 Å². The normalized spacial score (nSPS) is 12.3. The van der Waals surface area contributed by atoms with Gasteiger partial charge >= 0.3 is 0 Å². The average molecular weight is 328 g/mol. The van der Waals surface area contributed by atoms with Crippen LogP contribution < -0.4 is 5.32 Å². The Morgan fingerprint density at radius 3 is 2.52 bits per heavy atom. The minimum atomic E-state index is -0.614. The quantitative estimate of drug-likeness (QED) is 0.733. The summed E-state index contributed by atoms with van der Waals surface area (Å²) in [5.74, 6) is 0.392. The van der Waals surface area contributed by atoms with Gasteiger partial charge in [-0.3, -0.25) is 9.20 Å². The molecule has 2 heterocycles. The first-order valence-electron chi connectivity index (χ1n) is 7.46. The van der Waals surface area contributed by atoms with E-state index in [-0.39, 0.29) is 5.91 Å². The maximum absolute atomic E-state index is 12.1. The van der Waals surface area contributed by atoms with E-state index in [4.69, 9.17) is 16.6 Å². The summed E-state index contributed by atoms with van der Waals surface area (Å²) in [5, 5.41) is 2.28. The molecule has 0 spiro atoms. The first-order valence-corrected chi connectivity index (χ1v) is 7.90. The van der Waals surface area contributed by atoms with Crippen LogP contribution in [0, 0.1) is 13.8 Å². The van der Waals surface area contributed by atoms with E-state index in [9.17, 15) is 4.79 Å². The van der Waals surface area contributed by atoms with E-state index in [2.05, 4.69) is 5.32 Å². The zero-order valence-corrected chi connectivity index (χ0v) is 14.1. The second-order valence-corrected chi connectivity index (χ2v) is 6.37. The topological polar surface area (TPSA) is 46.4 Å². The van der Waals surface area contributed by atoms with Gasteiger partial charge in [-0.05, 0) is 38.5 Å². The summed E-state index contributed by atoms with van der Waals surface area (Å²) in [4.78, 5) is 16.8. The number of rotatable bonds is 3. The molecule has 1 aromatic carbocycles. The van der Waals surface area contributed by atoms with Crippen LogP contribution in [0.5, 0.6) is 0 Å². The van der Waals surface area contributed by atoms with Crippen molar-refractivity contribution in [1.29, 1.82) is 0 Å². The Kier molecular flexibility index (Phi) is 4.09. The molecule has 3 aromatic rings. The Hall–Kier alpha value is -2.33. The van der Waals surface area contributed by atoms with Crippen molar-refractivity contribution in [2.45, 2.75) is 26.1 Å². The number of pyridine rings is 1. The van der Waals surface area contributed by atoms with Crippen LogP contribution in [-0.4, -0.2) is 20.7 Å². The standard InChI is InChI=1S/C18H18ClN3O/c1-11-4-6-14(7-5-11)16-17(21-18(23)13(3)19)22-9-8-12(2)10-15(22)20-16/h4-10,13H,1-3H3,(H,21,23). The first kappa shape index (κ1) is 15.6. The van der Waals surface area contributed by atoms with Crippen molar-refractivity contribution in [2.75, 3.05) is 5.32 Å². The number of carbonyl (C=O) groups excluding carboxylic acids is 1. The maximum atomic E-state index is 12.1. The van der Waals surface area contributed by atoms with Gasteiger partial charge in [0.1, 0.15) is 22.5 Å². The van der Waals surface area contributed by atoms with Gasteiger partial charge < -0.3 is 5.32 Å². The largest absolute Gasteiger partial charge is 0.309 e. The molecule has 3 rings (SSSR count). The Morgan fingerprint density at radius 1 is 1.17 bits per heavy atom. The van der Waals surface area contributed by atoms with Crippen molar-refractivity contribution in [3.8, 4) is 11.3 Å². The number of halogens is 1. The predicted molar refractivity (Wildman–Crippen MR) is 94.0 cm³/mol. The Balaban J connectivity index is 2.18. The number of aromatic nitrogens is 2. The number of nitrogens with zero attached hydrogens (tertiary/aromatic N) is 2. The van der Waals surface area contributed by atoms with Crippen molar-refractivity contribution in [1.82, 2.24) is 9.38 Å². The highest BCUT2D eigenvalue weighted by atomic mass is 35.5. The lowest BCUT2D eigenvalue weighted by molar-refractivity contribution is -0.115. The minimum Gasteiger partial charge on any atom is -0.309 e. The Morgan fingerprint density at radius 2 is 1.87 bits per heavy atom. The minimum absolute atomic E-state index is 0.248. The number of fused-ring (bicyclic) bond motifs is 1. The molecule has 0 aliphatic heterocycles. The summed E-state index contributed by atoms with van der Waals surface area (Å²) in [7, 11) is 0. The van der Waals surface area contributed by atoms with Crippen molar-refractivity contribution >= 4 is 29.0 Å². The summed E-state index contributed by atoms with van der Waals surface area (Å²) in [6.45, 7) is 5.70. The molecule has 0 aliphatic carbocycles. The van der Waals surface area contributed by atoms with Crippen LogP contribution in [0.15, 0.2) is 42.6 Å². The van der Waals surface area contributed by atoms with E-state index in [0.717, 1.165) is 22.5 Å². The molecular formula is C18H18ClN3O. The number of amides is 1. The fraction of sp³-hybridized carbons (Fsp3) is 0.222. The molecule has 4 nitrogen and oxygen atoms in total. The predicted octanol–water partition coefficient (Wildman–Crippen LogP) is 4.18. The van der Waals surface area contributed by atoms with E-state index in [1.54, 1.807) is 6.92 Å². The van der Waals surface area contributed by atoms with E-state index < -0.39 is 5.38 Å². The molecule has 0 fully saturated rings. The number of nitrogens with one attached hydrogen (secondary N) is 1. The van der Waals surface area contributed by atoms with E-state index in [1.165, 1.54) is 5.56 Å². The van der Waals surface area contributed by atoms with Gasteiger partial charge in [0.25, 0.3) is 0 Å². The second-order valence-electron chi connectivity index (χ2n) is 5.71. The lowest BCUT2D eigenvalue weighted by Gasteiger charge is -2.09. The third-order valence-electron chi connectivity index (χ3n) is 3.71. The van der Waals surface area contributed by atoms with Crippen molar-refractivity contribution in [3.63, 3.8) is 0 Å². The van der Waals surface area contributed by atoms with Gasteiger partial charge in [-0.15, -0.1) is 11.6 Å². The highest BCUT2D eigenvalue weighted by molar-refractivity contribution is 6.32. The van der Waals surface area contributed by atoms with Crippen LogP contribution in [0.3, 0.4) is 0 Å². The Bertz CT molecular complexity index is 866. The summed E-state index contributed by atoms with van der Waals surface area (Å²) in [6, 6.07) is 12.0. The molecule has 23 heavy (non-hydrogen) atoms. The van der Waals surface area contributed by atoms with Crippen molar-refractivity contribution in [3.05, 3.63) is 53.7 Å². The van der Waals surface area contributed by atoms with Crippen LogP contribution in [0.4, 0.5) is 5.82 Å². The van der Waals surface area contributed by atoms with Crippen molar-refractivity contribution < 1.29 is 4.79 Å². The van der Waals surface area contributed by atoms with Gasteiger partial charge in [-0.2, -0.15) is 0 Å². The third kappa shape index (κ3) is 3.08. The molecule has 0 radical (unpaired) electrons. The van der Waals surface area contributed by atoms with Gasteiger partial charge in [0, 0.05) is 11.8 Å². The van der Waals surface area contributed by atoms with E-state index >= 15 is 0 Å². The number of alkyl halides is 1. The van der Waals surface area contributed by atoms with E-state index in [0.29, 0.717) is 5.82 Å². The molecule has 1 N–H and O–H groups in total. The number of imidazole rings is 1. The molecule has 118 valence electrons. The highest BCUT2D eigenvalue weighted by Gasteiger charge is 2.18. The van der Waals surface area contributed by atoms with E-state index in [1.807, 2.05) is 60.8 Å². The van der Waals surface area contributed by atoms with Crippen LogP contribution in [0.25, 0.3) is 16.9 Å². The highest BCUT2D eigenvalue weighted by Crippen LogP contribution is 2.29.